The molecule has 1 aromatic carbocycles. The highest BCUT2D eigenvalue weighted by atomic mass is 35.5. The normalized spacial score (nSPS) is 11.4. The van der Waals surface area contributed by atoms with Crippen molar-refractivity contribution in [3.05, 3.63) is 45.1 Å². The summed E-state index contributed by atoms with van der Waals surface area (Å²) in [5.74, 6) is -0.271. The zero-order valence-electron chi connectivity index (χ0n) is 12.0. The number of benzene rings is 1. The Morgan fingerprint density at radius 3 is 2.71 bits per heavy atom. The molecular weight excluding hydrogens is 298 g/mol. The third-order valence-electron chi connectivity index (χ3n) is 2.48. The highest BCUT2D eigenvalue weighted by Crippen LogP contribution is 2.30. The molecule has 6 nitrogen and oxygen atoms in total. The molecule has 1 aromatic rings. The van der Waals surface area contributed by atoms with Crippen molar-refractivity contribution in [2.75, 3.05) is 6.61 Å². The second-order valence-electron chi connectivity index (χ2n) is 4.62. The molecule has 0 atom stereocenters. The summed E-state index contributed by atoms with van der Waals surface area (Å²) in [4.78, 5) is 21.5. The van der Waals surface area contributed by atoms with Gasteiger partial charge in [-0.2, -0.15) is 0 Å². The van der Waals surface area contributed by atoms with Crippen LogP contribution in [0.15, 0.2) is 24.4 Å². The minimum atomic E-state index is -1.22. The van der Waals surface area contributed by atoms with Gasteiger partial charge in [-0.3, -0.25) is 10.1 Å². The monoisotopic (exact) mass is 313 g/mol. The number of ether oxygens (including phenoxy) is 2. The van der Waals surface area contributed by atoms with Crippen LogP contribution in [-0.2, 0) is 9.53 Å². The predicted octanol–water partition coefficient (Wildman–Crippen LogP) is 3.31. The molecule has 21 heavy (non-hydrogen) atoms. The summed E-state index contributed by atoms with van der Waals surface area (Å²) in [6, 6.07) is 4.66. The first-order chi connectivity index (χ1) is 9.76. The van der Waals surface area contributed by atoms with Crippen LogP contribution in [0, 0.1) is 10.1 Å². The molecule has 0 saturated carbocycles. The van der Waals surface area contributed by atoms with E-state index in [1.54, 1.807) is 26.8 Å². The van der Waals surface area contributed by atoms with Crippen molar-refractivity contribution in [2.45, 2.75) is 26.4 Å². The van der Waals surface area contributed by atoms with Gasteiger partial charge in [-0.1, -0.05) is 17.7 Å². The lowest BCUT2D eigenvalue weighted by Crippen LogP contribution is -2.39. The van der Waals surface area contributed by atoms with E-state index >= 15 is 0 Å². The summed E-state index contributed by atoms with van der Waals surface area (Å²) in [5, 5.41) is 10.6. The van der Waals surface area contributed by atoms with Crippen molar-refractivity contribution in [1.82, 2.24) is 0 Å². The Morgan fingerprint density at radius 1 is 1.48 bits per heavy atom. The molecule has 0 aliphatic carbocycles. The van der Waals surface area contributed by atoms with Crippen molar-refractivity contribution in [3.8, 4) is 5.75 Å². The molecule has 0 aliphatic heterocycles. The first-order valence-electron chi connectivity index (χ1n) is 6.23. The Morgan fingerprint density at radius 2 is 2.14 bits per heavy atom. The van der Waals surface area contributed by atoms with Crippen LogP contribution >= 0.6 is 11.6 Å². The van der Waals surface area contributed by atoms with Gasteiger partial charge < -0.3 is 9.47 Å². The quantitative estimate of drug-likeness (QED) is 0.457. The largest absolute Gasteiger partial charge is 0.475 e. The van der Waals surface area contributed by atoms with E-state index in [0.29, 0.717) is 10.6 Å². The molecule has 0 saturated heterocycles. The second-order valence-corrected chi connectivity index (χ2v) is 5.03. The van der Waals surface area contributed by atoms with E-state index in [1.807, 2.05) is 0 Å². The zero-order chi connectivity index (χ0) is 16.0. The molecule has 0 unspecified atom stereocenters. The highest BCUT2D eigenvalue weighted by molar-refractivity contribution is 6.32. The summed E-state index contributed by atoms with van der Waals surface area (Å²) >= 11 is 6.01. The number of hydrogen-bond acceptors (Lipinski definition) is 5. The van der Waals surface area contributed by atoms with Gasteiger partial charge >= 0.3 is 5.97 Å². The van der Waals surface area contributed by atoms with Crippen molar-refractivity contribution < 1.29 is 19.2 Å². The van der Waals surface area contributed by atoms with Gasteiger partial charge in [-0.25, -0.2) is 4.79 Å². The summed E-state index contributed by atoms with van der Waals surface area (Å²) in [6.07, 6.45) is 2.12. The molecule has 7 heteroatoms. The topological polar surface area (TPSA) is 78.7 Å². The fraction of sp³-hybridized carbons (Fsp3) is 0.357. The fourth-order valence-corrected chi connectivity index (χ4v) is 1.63. The number of hydrogen-bond donors (Lipinski definition) is 0. The Hall–Kier alpha value is -2.08. The van der Waals surface area contributed by atoms with Gasteiger partial charge in [0.1, 0.15) is 5.75 Å². The number of halogens is 1. The van der Waals surface area contributed by atoms with Gasteiger partial charge in [0.15, 0.2) is 5.60 Å². The van der Waals surface area contributed by atoms with Crippen molar-refractivity contribution >= 4 is 23.6 Å². The molecule has 0 heterocycles. The van der Waals surface area contributed by atoms with Crippen LogP contribution in [0.4, 0.5) is 0 Å². The van der Waals surface area contributed by atoms with E-state index in [2.05, 4.69) is 0 Å². The Kier molecular flexibility index (Phi) is 5.72. The zero-order valence-corrected chi connectivity index (χ0v) is 12.7. The number of carbonyl (C=O) groups excluding carboxylic acids is 1. The molecule has 0 radical (unpaired) electrons. The molecule has 0 aromatic heterocycles. The summed E-state index contributed by atoms with van der Waals surface area (Å²) in [6.45, 7) is 5.05. The summed E-state index contributed by atoms with van der Waals surface area (Å²) < 4.78 is 10.5. The van der Waals surface area contributed by atoms with Crippen LogP contribution in [0.2, 0.25) is 5.02 Å². The van der Waals surface area contributed by atoms with Gasteiger partial charge in [0.25, 0.3) is 0 Å². The number of esters is 1. The van der Waals surface area contributed by atoms with E-state index in [0.717, 1.165) is 6.20 Å². The molecule has 0 bridgehead atoms. The molecule has 0 fully saturated rings. The smallest absolute Gasteiger partial charge is 0.349 e. The van der Waals surface area contributed by atoms with Gasteiger partial charge in [0.05, 0.1) is 16.6 Å². The third kappa shape index (κ3) is 5.07. The van der Waals surface area contributed by atoms with Crippen LogP contribution in [0.25, 0.3) is 6.08 Å². The van der Waals surface area contributed by atoms with Crippen molar-refractivity contribution in [2.24, 2.45) is 0 Å². The maximum absolute atomic E-state index is 11.8. The van der Waals surface area contributed by atoms with Crippen LogP contribution < -0.4 is 4.74 Å². The fourth-order valence-electron chi connectivity index (χ4n) is 1.47. The number of rotatable bonds is 6. The summed E-state index contributed by atoms with van der Waals surface area (Å²) in [5.41, 5.74) is -0.684. The molecule has 0 N–H and O–H groups in total. The molecular formula is C14H16ClNO5. The van der Waals surface area contributed by atoms with Gasteiger partial charge in [-0.05, 0) is 38.5 Å². The lowest BCUT2D eigenvalue weighted by molar-refractivity contribution is -0.400. The van der Waals surface area contributed by atoms with E-state index < -0.39 is 16.5 Å². The number of nitrogens with zero attached hydrogens (tertiary/aromatic N) is 1. The molecule has 0 spiro atoms. The van der Waals surface area contributed by atoms with E-state index in [-0.39, 0.29) is 12.4 Å². The lowest BCUT2D eigenvalue weighted by Gasteiger charge is -2.24. The average Bonchev–Trinajstić information content (AvgIpc) is 2.39. The number of nitro groups is 1. The van der Waals surface area contributed by atoms with Crippen LogP contribution in [0.5, 0.6) is 5.75 Å². The maximum Gasteiger partial charge on any atom is 0.349 e. The van der Waals surface area contributed by atoms with Gasteiger partial charge in [0, 0.05) is 6.08 Å². The first kappa shape index (κ1) is 17.0. The Balaban J connectivity index is 2.99. The predicted molar refractivity (Wildman–Crippen MR) is 78.8 cm³/mol. The maximum atomic E-state index is 11.8. The minimum Gasteiger partial charge on any atom is -0.475 e. The van der Waals surface area contributed by atoms with E-state index in [1.165, 1.54) is 18.2 Å². The third-order valence-corrected chi connectivity index (χ3v) is 2.79. The van der Waals surface area contributed by atoms with Crippen molar-refractivity contribution in [3.63, 3.8) is 0 Å². The first-order valence-corrected chi connectivity index (χ1v) is 6.61. The Labute approximate surface area is 127 Å². The van der Waals surface area contributed by atoms with Gasteiger partial charge in [-0.15, -0.1) is 0 Å². The molecule has 0 amide bonds. The average molecular weight is 314 g/mol. The van der Waals surface area contributed by atoms with Gasteiger partial charge in [0.2, 0.25) is 6.20 Å². The number of carbonyl (C=O) groups is 1. The highest BCUT2D eigenvalue weighted by Gasteiger charge is 2.32. The molecule has 114 valence electrons. The Bertz CT molecular complexity index is 568. The van der Waals surface area contributed by atoms with Crippen LogP contribution in [-0.4, -0.2) is 23.1 Å². The SMILES string of the molecule is CCOC(=O)C(C)(C)Oc1cc(/C=C/[N+](=O)[O-])ccc1Cl. The van der Waals surface area contributed by atoms with E-state index in [4.69, 9.17) is 21.1 Å². The van der Waals surface area contributed by atoms with Crippen LogP contribution in [0.3, 0.4) is 0 Å². The van der Waals surface area contributed by atoms with Crippen LogP contribution in [0.1, 0.15) is 26.3 Å². The lowest BCUT2D eigenvalue weighted by atomic mass is 10.1. The van der Waals surface area contributed by atoms with Crippen molar-refractivity contribution in [1.29, 1.82) is 0 Å². The summed E-state index contributed by atoms with van der Waals surface area (Å²) in [7, 11) is 0. The molecule has 0 aliphatic rings. The second kappa shape index (κ2) is 7.08. The standard InChI is InChI=1S/C14H16ClNO5/c1-4-20-13(17)14(2,3)21-12-9-10(5-6-11(12)15)7-8-16(18)19/h5-9H,4H2,1-3H3/b8-7+. The minimum absolute atomic E-state index is 0.241. The molecule has 1 rings (SSSR count). The van der Waals surface area contributed by atoms with E-state index in [9.17, 15) is 14.9 Å².